The fraction of sp³-hybridized carbons (Fsp3) is 0.571. The average Bonchev–Trinajstić information content (AvgIpc) is 3.54. The summed E-state index contributed by atoms with van der Waals surface area (Å²) < 4.78 is 14.6. The van der Waals surface area contributed by atoms with Crippen molar-refractivity contribution in [2.24, 2.45) is 0 Å². The molecule has 0 atom stereocenters. The van der Waals surface area contributed by atoms with E-state index in [0.717, 1.165) is 36.8 Å². The Bertz CT molecular complexity index is 947. The lowest BCUT2D eigenvalue weighted by Crippen LogP contribution is -2.52. The summed E-state index contributed by atoms with van der Waals surface area (Å²) in [4.78, 5) is 21.8. The Morgan fingerprint density at radius 3 is 2.57 bits per heavy atom. The van der Waals surface area contributed by atoms with E-state index in [-0.39, 0.29) is 18.2 Å². The molecule has 5 rings (SSSR count). The molecule has 0 spiro atoms. The minimum atomic E-state index is 0.0830. The highest BCUT2D eigenvalue weighted by Crippen LogP contribution is 2.41. The molecule has 7 nitrogen and oxygen atoms in total. The third kappa shape index (κ3) is 3.98. The van der Waals surface area contributed by atoms with Crippen LogP contribution >= 0.6 is 12.3 Å². The highest BCUT2D eigenvalue weighted by molar-refractivity contribution is 7.92. The topological polar surface area (TPSA) is 77.2 Å². The Labute approximate surface area is 180 Å². The monoisotopic (exact) mass is 430 g/mol. The van der Waals surface area contributed by atoms with Gasteiger partial charge in [-0.05, 0) is 38.8 Å². The van der Waals surface area contributed by atoms with Crippen LogP contribution in [-0.2, 0) is 0 Å². The molecule has 2 aromatic rings. The van der Waals surface area contributed by atoms with Crippen molar-refractivity contribution in [3.63, 3.8) is 0 Å². The van der Waals surface area contributed by atoms with E-state index in [0.29, 0.717) is 36.5 Å². The molecule has 160 valence electrons. The zero-order chi connectivity index (χ0) is 21.1. The first-order valence-electron chi connectivity index (χ1n) is 10.6. The van der Waals surface area contributed by atoms with Crippen LogP contribution in [0, 0.1) is 11.3 Å². The summed E-state index contributed by atoms with van der Waals surface area (Å²) in [5.41, 5.74) is 2.24. The summed E-state index contributed by atoms with van der Waals surface area (Å²) >= 11 is 0.149. The highest BCUT2D eigenvalue weighted by Gasteiger charge is 2.41. The number of nitrogens with zero attached hydrogens (tertiary/aromatic N) is 5. The molecule has 30 heavy (non-hydrogen) atoms. The van der Waals surface area contributed by atoms with Crippen molar-refractivity contribution < 1.29 is 8.68 Å². The molecule has 1 amide bonds. The molecule has 0 aromatic carbocycles. The van der Waals surface area contributed by atoms with Crippen molar-refractivity contribution in [3.05, 3.63) is 24.0 Å². The summed E-state index contributed by atoms with van der Waals surface area (Å²) in [6.45, 7) is 1.11. The van der Waals surface area contributed by atoms with Gasteiger partial charge in [0.2, 0.25) is 0 Å². The van der Waals surface area contributed by atoms with Gasteiger partial charge in [0.1, 0.15) is 0 Å². The van der Waals surface area contributed by atoms with E-state index in [2.05, 4.69) is 15.2 Å². The van der Waals surface area contributed by atoms with E-state index >= 15 is 0 Å². The molecular weight excluding hydrogens is 403 g/mol. The summed E-state index contributed by atoms with van der Waals surface area (Å²) in [7, 11) is 1.74. The summed E-state index contributed by atoms with van der Waals surface area (Å²) in [6.07, 6.45) is 11.6. The normalized spacial score (nSPS) is 19.3. The van der Waals surface area contributed by atoms with Crippen LogP contribution in [0.2, 0.25) is 0 Å². The zero-order valence-corrected chi connectivity index (χ0v) is 18.0. The fourth-order valence-corrected chi connectivity index (χ4v) is 4.78. The maximum atomic E-state index is 13.2. The first-order valence-corrected chi connectivity index (χ1v) is 11.2. The number of amides is 1. The number of hydrogen-bond donors (Lipinski definition) is 1. The number of halogens is 1. The smallest absolute Gasteiger partial charge is 0.259 e. The number of carbonyl (C=O) groups excluding carboxylic acids is 1. The van der Waals surface area contributed by atoms with Gasteiger partial charge in [-0.15, -0.1) is 3.89 Å². The molecule has 0 saturated heterocycles. The molecule has 2 fully saturated rings. The average molecular weight is 431 g/mol. The summed E-state index contributed by atoms with van der Waals surface area (Å²) in [5.74, 6) is 0.0830. The van der Waals surface area contributed by atoms with Crippen LogP contribution in [0.25, 0.3) is 11.0 Å². The quantitative estimate of drug-likeness (QED) is 0.742. The van der Waals surface area contributed by atoms with Crippen molar-refractivity contribution in [3.8, 4) is 6.07 Å². The van der Waals surface area contributed by atoms with Crippen LogP contribution in [0.4, 0.5) is 9.57 Å². The summed E-state index contributed by atoms with van der Waals surface area (Å²) in [6, 6.07) is 4.63. The largest absolute Gasteiger partial charge is 0.349 e. The number of anilines is 1. The lowest BCUT2D eigenvalue weighted by atomic mass is 9.92. The zero-order valence-electron chi connectivity index (χ0n) is 17.2. The van der Waals surface area contributed by atoms with Gasteiger partial charge < -0.3 is 15.1 Å². The van der Waals surface area contributed by atoms with E-state index in [1.807, 2.05) is 17.0 Å². The minimum Gasteiger partial charge on any atom is -0.349 e. The standard InChI is InChI=1S/C18H21FN4OS.C3H6N2/c19-25-23-9-8-14-16-15(10-20-17(14)23)18(24)22(13-6-7-13)11-21(16)12-4-2-1-3-5-12;1-5-3-2-4/h8-10,12-13H,1-7,11H2;5H,3H2,1H3. The van der Waals surface area contributed by atoms with Crippen LogP contribution in [0.15, 0.2) is 18.5 Å². The Balaban J connectivity index is 0.000000393. The van der Waals surface area contributed by atoms with Gasteiger partial charge in [0.25, 0.3) is 5.91 Å². The lowest BCUT2D eigenvalue weighted by molar-refractivity contribution is 0.0720. The van der Waals surface area contributed by atoms with Gasteiger partial charge in [-0.1, -0.05) is 19.3 Å². The van der Waals surface area contributed by atoms with Crippen LogP contribution in [0.1, 0.15) is 55.3 Å². The van der Waals surface area contributed by atoms with Gasteiger partial charge in [-0.2, -0.15) is 5.26 Å². The molecular formula is C21H27FN6OS. The van der Waals surface area contributed by atoms with Gasteiger partial charge >= 0.3 is 0 Å². The van der Waals surface area contributed by atoms with E-state index in [1.54, 1.807) is 19.4 Å². The Morgan fingerprint density at radius 1 is 1.23 bits per heavy atom. The van der Waals surface area contributed by atoms with Gasteiger partial charge in [0.05, 0.1) is 30.5 Å². The second-order valence-corrected chi connectivity index (χ2v) is 8.60. The van der Waals surface area contributed by atoms with Crippen molar-refractivity contribution >= 4 is 35.0 Å². The second kappa shape index (κ2) is 9.23. The lowest BCUT2D eigenvalue weighted by Gasteiger charge is -2.44. The number of nitrogens with one attached hydrogen (secondary N) is 1. The Kier molecular flexibility index (Phi) is 6.44. The number of carbonyl (C=O) groups is 1. The molecule has 0 unspecified atom stereocenters. The molecule has 9 heteroatoms. The second-order valence-electron chi connectivity index (χ2n) is 8.07. The van der Waals surface area contributed by atoms with Gasteiger partial charge in [-0.3, -0.25) is 4.79 Å². The molecule has 0 radical (unpaired) electrons. The highest BCUT2D eigenvalue weighted by atomic mass is 32.2. The van der Waals surface area contributed by atoms with E-state index in [1.165, 1.54) is 23.2 Å². The maximum Gasteiger partial charge on any atom is 0.259 e. The molecule has 3 heterocycles. The van der Waals surface area contributed by atoms with E-state index < -0.39 is 0 Å². The molecule has 2 saturated carbocycles. The first-order chi connectivity index (χ1) is 14.7. The van der Waals surface area contributed by atoms with Crippen LogP contribution in [0.5, 0.6) is 0 Å². The minimum absolute atomic E-state index is 0.0830. The Hall–Kier alpha value is -2.31. The van der Waals surface area contributed by atoms with Crippen molar-refractivity contribution in [1.29, 1.82) is 5.26 Å². The van der Waals surface area contributed by atoms with Crippen molar-refractivity contribution in [2.75, 3.05) is 25.2 Å². The molecule has 2 aromatic heterocycles. The fourth-order valence-electron chi connectivity index (χ4n) is 4.46. The first kappa shape index (κ1) is 20.9. The SMILES string of the molecule is CNCC#N.O=C1c2cnc3c(ccn3SF)c2N(C2CCCCC2)CN1C1CC1. The Morgan fingerprint density at radius 2 is 1.97 bits per heavy atom. The summed E-state index contributed by atoms with van der Waals surface area (Å²) in [5, 5.41) is 11.3. The number of hydrogen-bond acceptors (Lipinski definition) is 6. The van der Waals surface area contributed by atoms with Gasteiger partial charge in [0, 0.05) is 29.9 Å². The molecule has 1 N–H and O–H groups in total. The maximum absolute atomic E-state index is 13.2. The molecule has 2 aliphatic carbocycles. The predicted molar refractivity (Wildman–Crippen MR) is 117 cm³/mol. The van der Waals surface area contributed by atoms with Gasteiger partial charge in [-0.25, -0.2) is 8.96 Å². The third-order valence-electron chi connectivity index (χ3n) is 6.07. The number of aromatic nitrogens is 2. The number of rotatable bonds is 4. The van der Waals surface area contributed by atoms with Gasteiger partial charge in [0.15, 0.2) is 18.0 Å². The van der Waals surface area contributed by atoms with Crippen LogP contribution in [0.3, 0.4) is 0 Å². The number of nitriles is 1. The van der Waals surface area contributed by atoms with Crippen LogP contribution < -0.4 is 10.2 Å². The molecule has 0 bridgehead atoms. The van der Waals surface area contributed by atoms with Crippen molar-refractivity contribution in [1.82, 2.24) is 19.2 Å². The predicted octanol–water partition coefficient (Wildman–Crippen LogP) is 3.86. The third-order valence-corrected chi connectivity index (χ3v) is 6.51. The molecule has 3 aliphatic rings. The molecule has 1 aliphatic heterocycles. The van der Waals surface area contributed by atoms with E-state index in [4.69, 9.17) is 5.26 Å². The van der Waals surface area contributed by atoms with E-state index in [9.17, 15) is 8.68 Å². The van der Waals surface area contributed by atoms with Crippen molar-refractivity contribution in [2.45, 2.75) is 57.0 Å². The number of fused-ring (bicyclic) bond motifs is 3. The number of pyridine rings is 1. The van der Waals surface area contributed by atoms with Crippen LogP contribution in [-0.4, -0.2) is 52.1 Å².